The van der Waals surface area contributed by atoms with Gasteiger partial charge < -0.3 is 19.7 Å². The van der Waals surface area contributed by atoms with Gasteiger partial charge >= 0.3 is 0 Å². The van der Waals surface area contributed by atoms with E-state index < -0.39 is 28.5 Å². The molecule has 0 radical (unpaired) electrons. The minimum absolute atomic E-state index is 0.0452. The van der Waals surface area contributed by atoms with Crippen molar-refractivity contribution in [3.8, 4) is 11.5 Å². The molecule has 9 nitrogen and oxygen atoms in total. The number of hydrogen-bond acceptors (Lipinski definition) is 6. The van der Waals surface area contributed by atoms with Gasteiger partial charge in [-0.05, 0) is 48.7 Å². The van der Waals surface area contributed by atoms with Crippen molar-refractivity contribution in [1.82, 2.24) is 10.2 Å². The maximum atomic E-state index is 14.2. The van der Waals surface area contributed by atoms with Gasteiger partial charge in [0, 0.05) is 30.1 Å². The van der Waals surface area contributed by atoms with Crippen LogP contribution in [0.4, 0.5) is 5.69 Å². The fourth-order valence-corrected chi connectivity index (χ4v) is 5.68. The summed E-state index contributed by atoms with van der Waals surface area (Å²) in [7, 11) is -3.91. The highest BCUT2D eigenvalue weighted by Crippen LogP contribution is 2.35. The number of carbonyl (C=O) groups is 2. The van der Waals surface area contributed by atoms with Crippen LogP contribution < -0.4 is 19.1 Å². The molecular weight excluding hydrogens is 578 g/mol. The van der Waals surface area contributed by atoms with Gasteiger partial charge in [-0.3, -0.25) is 13.9 Å². The molecule has 0 saturated heterocycles. The average molecular weight is 614 g/mol. The lowest BCUT2D eigenvalue weighted by Crippen LogP contribution is -2.54. The van der Waals surface area contributed by atoms with Crippen LogP contribution in [0.5, 0.6) is 11.5 Å². The number of hydrogen-bond donors (Lipinski definition) is 1. The summed E-state index contributed by atoms with van der Waals surface area (Å²) in [4.78, 5) is 29.4. The summed E-state index contributed by atoms with van der Waals surface area (Å²) in [6.07, 6.45) is 1.98. The van der Waals surface area contributed by atoms with E-state index in [0.29, 0.717) is 41.7 Å². The van der Waals surface area contributed by atoms with E-state index in [1.165, 1.54) is 4.90 Å². The summed E-state index contributed by atoms with van der Waals surface area (Å²) in [6, 6.07) is 20.1. The predicted molar refractivity (Wildman–Crippen MR) is 163 cm³/mol. The lowest BCUT2D eigenvalue weighted by molar-refractivity contribution is -0.140. The number of carbonyl (C=O) groups excluding carboxylic acids is 2. The Kier molecular flexibility index (Phi) is 10.3. The molecule has 0 bridgehead atoms. The standard InChI is InChI=1S/C31H36ClN3O6S/c1-4-22(2)33-31(37)27(18-23-9-6-5-7-10-23)34(20-24-11-8-12-25(32)17-24)30(36)21-35(42(3,38)39)26-13-14-28-29(19-26)41-16-15-40-28/h5-14,17,19,22,27H,4,15-16,18,20-21H2,1-3H3,(H,33,37)/t22-,27-/m0/s1. The van der Waals surface area contributed by atoms with Crippen molar-refractivity contribution in [3.05, 3.63) is 88.9 Å². The van der Waals surface area contributed by atoms with E-state index in [1.54, 1.807) is 36.4 Å². The maximum Gasteiger partial charge on any atom is 0.244 e. The van der Waals surface area contributed by atoms with Crippen molar-refractivity contribution in [2.75, 3.05) is 30.3 Å². The van der Waals surface area contributed by atoms with Gasteiger partial charge in [-0.2, -0.15) is 0 Å². The minimum Gasteiger partial charge on any atom is -0.486 e. The third-order valence-electron chi connectivity index (χ3n) is 7.01. The van der Waals surface area contributed by atoms with E-state index in [-0.39, 0.29) is 30.6 Å². The quantitative estimate of drug-likeness (QED) is 0.324. The van der Waals surface area contributed by atoms with Crippen LogP contribution in [-0.4, -0.2) is 63.2 Å². The molecule has 2 atom stereocenters. The SMILES string of the molecule is CC[C@H](C)NC(=O)[C@H](Cc1ccccc1)N(Cc1cccc(Cl)c1)C(=O)CN(c1ccc2c(c1)OCCO2)S(C)(=O)=O. The van der Waals surface area contributed by atoms with Gasteiger partial charge in [-0.15, -0.1) is 0 Å². The topological polar surface area (TPSA) is 105 Å². The van der Waals surface area contributed by atoms with Crippen LogP contribution in [0, 0.1) is 0 Å². The van der Waals surface area contributed by atoms with Crippen molar-refractivity contribution < 1.29 is 27.5 Å². The van der Waals surface area contributed by atoms with Crippen LogP contribution in [0.2, 0.25) is 5.02 Å². The average Bonchev–Trinajstić information content (AvgIpc) is 2.97. The minimum atomic E-state index is -3.91. The molecule has 224 valence electrons. The second kappa shape index (κ2) is 13.9. The fourth-order valence-electron chi connectivity index (χ4n) is 4.63. The molecule has 0 spiro atoms. The second-order valence-corrected chi connectivity index (χ2v) is 12.6. The zero-order chi connectivity index (χ0) is 30.3. The van der Waals surface area contributed by atoms with Gasteiger partial charge in [0.05, 0.1) is 11.9 Å². The lowest BCUT2D eigenvalue weighted by Gasteiger charge is -2.34. The molecular formula is C31H36ClN3O6S. The van der Waals surface area contributed by atoms with E-state index in [0.717, 1.165) is 16.1 Å². The number of nitrogens with zero attached hydrogens (tertiary/aromatic N) is 2. The fraction of sp³-hybridized carbons (Fsp3) is 0.355. The van der Waals surface area contributed by atoms with Gasteiger partial charge in [0.25, 0.3) is 0 Å². The smallest absolute Gasteiger partial charge is 0.244 e. The molecule has 0 aliphatic carbocycles. The summed E-state index contributed by atoms with van der Waals surface area (Å²) in [6.45, 7) is 4.09. The Bertz CT molecular complexity index is 1500. The second-order valence-electron chi connectivity index (χ2n) is 10.3. The molecule has 0 unspecified atom stereocenters. The number of halogens is 1. The molecule has 2 amide bonds. The first kappa shape index (κ1) is 31.2. The number of benzene rings is 3. The van der Waals surface area contributed by atoms with E-state index >= 15 is 0 Å². The Hall–Kier alpha value is -3.76. The molecule has 11 heteroatoms. The van der Waals surface area contributed by atoms with Gasteiger partial charge in [0.1, 0.15) is 25.8 Å². The van der Waals surface area contributed by atoms with Crippen molar-refractivity contribution in [1.29, 1.82) is 0 Å². The monoisotopic (exact) mass is 613 g/mol. The summed E-state index contributed by atoms with van der Waals surface area (Å²) in [5.74, 6) is 0.0202. The van der Waals surface area contributed by atoms with Crippen molar-refractivity contribution in [2.24, 2.45) is 0 Å². The lowest BCUT2D eigenvalue weighted by atomic mass is 10.0. The summed E-state index contributed by atoms with van der Waals surface area (Å²) < 4.78 is 38.3. The number of sulfonamides is 1. The Morgan fingerprint density at radius 1 is 0.952 bits per heavy atom. The molecule has 1 aliphatic heterocycles. The molecule has 3 aromatic rings. The number of nitrogens with one attached hydrogen (secondary N) is 1. The summed E-state index contributed by atoms with van der Waals surface area (Å²) in [5, 5.41) is 3.49. The number of rotatable bonds is 12. The molecule has 0 aromatic heterocycles. The van der Waals surface area contributed by atoms with Crippen molar-refractivity contribution in [3.63, 3.8) is 0 Å². The van der Waals surface area contributed by atoms with Crippen LogP contribution in [0.3, 0.4) is 0 Å². The highest BCUT2D eigenvalue weighted by molar-refractivity contribution is 7.92. The van der Waals surface area contributed by atoms with Crippen LogP contribution in [0.15, 0.2) is 72.8 Å². The maximum absolute atomic E-state index is 14.2. The van der Waals surface area contributed by atoms with Crippen molar-refractivity contribution in [2.45, 2.75) is 45.3 Å². The zero-order valence-electron chi connectivity index (χ0n) is 24.0. The Labute approximate surface area is 252 Å². The van der Waals surface area contributed by atoms with E-state index in [4.69, 9.17) is 21.1 Å². The van der Waals surface area contributed by atoms with Gasteiger partial charge in [-0.1, -0.05) is 61.0 Å². The van der Waals surface area contributed by atoms with Crippen LogP contribution in [0.1, 0.15) is 31.4 Å². The van der Waals surface area contributed by atoms with Gasteiger partial charge in [0.2, 0.25) is 21.8 Å². The largest absolute Gasteiger partial charge is 0.486 e. The first-order valence-electron chi connectivity index (χ1n) is 13.8. The van der Waals surface area contributed by atoms with Crippen LogP contribution in [0.25, 0.3) is 0 Å². The number of fused-ring (bicyclic) bond motifs is 1. The molecule has 1 heterocycles. The van der Waals surface area contributed by atoms with Gasteiger partial charge in [0.15, 0.2) is 11.5 Å². The predicted octanol–water partition coefficient (Wildman–Crippen LogP) is 4.43. The Morgan fingerprint density at radius 3 is 2.31 bits per heavy atom. The number of amides is 2. The first-order valence-corrected chi connectivity index (χ1v) is 16.0. The highest BCUT2D eigenvalue weighted by atomic mass is 35.5. The normalized spacial score (nSPS) is 14.0. The van der Waals surface area contributed by atoms with E-state index in [1.807, 2.05) is 50.2 Å². The van der Waals surface area contributed by atoms with Crippen LogP contribution in [-0.2, 0) is 32.6 Å². The number of ether oxygens (including phenoxy) is 2. The molecule has 1 aliphatic rings. The summed E-state index contributed by atoms with van der Waals surface area (Å²) >= 11 is 6.26. The molecule has 0 saturated carbocycles. The van der Waals surface area contributed by atoms with Crippen molar-refractivity contribution >= 4 is 39.1 Å². The molecule has 42 heavy (non-hydrogen) atoms. The van der Waals surface area contributed by atoms with E-state index in [9.17, 15) is 18.0 Å². The van der Waals surface area contributed by atoms with Crippen LogP contribution >= 0.6 is 11.6 Å². The Morgan fingerprint density at radius 2 is 1.64 bits per heavy atom. The van der Waals surface area contributed by atoms with Gasteiger partial charge in [-0.25, -0.2) is 8.42 Å². The molecule has 3 aromatic carbocycles. The zero-order valence-corrected chi connectivity index (χ0v) is 25.5. The molecule has 0 fully saturated rings. The first-order chi connectivity index (χ1) is 20.0. The highest BCUT2D eigenvalue weighted by Gasteiger charge is 2.33. The third kappa shape index (κ3) is 8.17. The number of anilines is 1. The van der Waals surface area contributed by atoms with E-state index in [2.05, 4.69) is 5.32 Å². The third-order valence-corrected chi connectivity index (χ3v) is 8.38. The molecule has 4 rings (SSSR count). The summed E-state index contributed by atoms with van der Waals surface area (Å²) in [5.41, 5.74) is 1.81. The Balaban J connectivity index is 1.73. The molecule has 1 N–H and O–H groups in total.